The molecule has 72 valence electrons. The van der Waals surface area contributed by atoms with Crippen LogP contribution in [0.5, 0.6) is 0 Å². The summed E-state index contributed by atoms with van der Waals surface area (Å²) in [6, 6.07) is 4.14. The van der Waals surface area contributed by atoms with Gasteiger partial charge in [-0.3, -0.25) is 0 Å². The van der Waals surface area contributed by atoms with E-state index < -0.39 is 0 Å². The number of thioether (sulfide) groups is 2. The minimum absolute atomic E-state index is 0.0699. The van der Waals surface area contributed by atoms with E-state index in [0.717, 1.165) is 19.4 Å². The number of hydrogen-bond acceptors (Lipinski definition) is 5. The lowest BCUT2D eigenvalue weighted by Gasteiger charge is -2.33. The first-order valence-corrected chi connectivity index (χ1v) is 6.10. The molecule has 0 aromatic rings. The van der Waals surface area contributed by atoms with Gasteiger partial charge in [0, 0.05) is 11.9 Å². The van der Waals surface area contributed by atoms with Gasteiger partial charge in [-0.15, -0.1) is 11.8 Å². The molecule has 2 atom stereocenters. The van der Waals surface area contributed by atoms with E-state index in [1.165, 1.54) is 23.5 Å². The van der Waals surface area contributed by atoms with E-state index >= 15 is 0 Å². The van der Waals surface area contributed by atoms with E-state index in [4.69, 9.17) is 15.3 Å². The Kier molecular flexibility index (Phi) is 3.02. The molecule has 0 bridgehead atoms. The quantitative estimate of drug-likeness (QED) is 0.631. The largest absolute Gasteiger partial charge is 0.366 e. The van der Waals surface area contributed by atoms with Gasteiger partial charge in [0.15, 0.2) is 0 Å². The number of hydrogen-bond donors (Lipinski definition) is 0. The average Bonchev–Trinajstić information content (AvgIpc) is 2.27. The van der Waals surface area contributed by atoms with Crippen LogP contribution in [-0.2, 0) is 4.74 Å². The van der Waals surface area contributed by atoms with Crippen LogP contribution in [0.15, 0.2) is 9.81 Å². The Labute approximate surface area is 91.1 Å². The number of nitrogens with zero attached hydrogens (tertiary/aromatic N) is 2. The van der Waals surface area contributed by atoms with Crippen molar-refractivity contribution in [3.05, 3.63) is 9.81 Å². The molecule has 2 aliphatic heterocycles. The molecule has 5 heteroatoms. The van der Waals surface area contributed by atoms with Crippen molar-refractivity contribution in [2.24, 2.45) is 0 Å². The van der Waals surface area contributed by atoms with Gasteiger partial charge in [-0.1, -0.05) is 11.8 Å². The van der Waals surface area contributed by atoms with E-state index in [-0.39, 0.29) is 5.44 Å². The Hall–Kier alpha value is -0.620. The molecule has 3 nitrogen and oxygen atoms in total. The van der Waals surface area contributed by atoms with Crippen molar-refractivity contribution < 1.29 is 4.74 Å². The maximum atomic E-state index is 8.85. The lowest BCUT2D eigenvalue weighted by atomic mass is 10.2. The van der Waals surface area contributed by atoms with E-state index in [1.807, 2.05) is 0 Å². The van der Waals surface area contributed by atoms with Crippen molar-refractivity contribution in [2.75, 3.05) is 6.61 Å². The lowest BCUT2D eigenvalue weighted by Crippen LogP contribution is -2.31. The monoisotopic (exact) mass is 224 g/mol. The third-order valence-electron chi connectivity index (χ3n) is 2.13. The maximum Gasteiger partial charge on any atom is 0.120 e. The minimum Gasteiger partial charge on any atom is -0.366 e. The molecule has 0 amide bonds. The highest BCUT2D eigenvalue weighted by Crippen LogP contribution is 2.46. The van der Waals surface area contributed by atoms with Gasteiger partial charge in [-0.05, 0) is 12.8 Å². The van der Waals surface area contributed by atoms with E-state index in [2.05, 4.69) is 12.1 Å². The van der Waals surface area contributed by atoms with Crippen LogP contribution in [-0.4, -0.2) is 17.3 Å². The highest BCUT2D eigenvalue weighted by molar-refractivity contribution is 8.11. The molecule has 0 aromatic heterocycles. The first kappa shape index (κ1) is 9.92. The van der Waals surface area contributed by atoms with Crippen LogP contribution in [0.4, 0.5) is 0 Å². The summed E-state index contributed by atoms with van der Waals surface area (Å²) in [6.45, 7) is 0.773. The van der Waals surface area contributed by atoms with Gasteiger partial charge in [0.2, 0.25) is 0 Å². The van der Waals surface area contributed by atoms with E-state index in [9.17, 15) is 0 Å². The topological polar surface area (TPSA) is 56.8 Å². The van der Waals surface area contributed by atoms with Crippen molar-refractivity contribution in [1.29, 1.82) is 10.5 Å². The zero-order chi connectivity index (χ0) is 9.97. The van der Waals surface area contributed by atoms with Crippen molar-refractivity contribution in [3.8, 4) is 12.1 Å². The number of nitriles is 2. The summed E-state index contributed by atoms with van der Waals surface area (Å²) < 4.78 is 5.55. The van der Waals surface area contributed by atoms with Gasteiger partial charge in [0.25, 0.3) is 0 Å². The molecule has 1 saturated heterocycles. The van der Waals surface area contributed by atoms with Crippen LogP contribution in [0.1, 0.15) is 12.8 Å². The zero-order valence-corrected chi connectivity index (χ0v) is 9.03. The minimum atomic E-state index is 0.0699. The van der Waals surface area contributed by atoms with E-state index in [1.54, 1.807) is 0 Å². The molecule has 0 aromatic carbocycles. The second kappa shape index (κ2) is 4.27. The van der Waals surface area contributed by atoms with Crippen LogP contribution in [0.2, 0.25) is 0 Å². The van der Waals surface area contributed by atoms with Crippen molar-refractivity contribution >= 4 is 23.5 Å². The molecule has 0 radical (unpaired) electrons. The predicted molar refractivity (Wildman–Crippen MR) is 56.2 cm³/mol. The van der Waals surface area contributed by atoms with Gasteiger partial charge in [0.05, 0.1) is 0 Å². The van der Waals surface area contributed by atoms with Gasteiger partial charge < -0.3 is 4.74 Å². The lowest BCUT2D eigenvalue weighted by molar-refractivity contribution is 0.0779. The second-order valence-electron chi connectivity index (χ2n) is 3.04. The van der Waals surface area contributed by atoms with Gasteiger partial charge in [-0.2, -0.15) is 10.5 Å². The van der Waals surface area contributed by atoms with Crippen LogP contribution in [0.3, 0.4) is 0 Å². The number of fused-ring (bicyclic) bond motifs is 1. The molecule has 2 heterocycles. The summed E-state index contributed by atoms with van der Waals surface area (Å²) in [5.74, 6) is 0. The van der Waals surface area contributed by atoms with Crippen LogP contribution in [0.25, 0.3) is 0 Å². The zero-order valence-electron chi connectivity index (χ0n) is 7.40. The van der Waals surface area contributed by atoms with Crippen molar-refractivity contribution in [3.63, 3.8) is 0 Å². The molecule has 0 spiro atoms. The molecular weight excluding hydrogens is 216 g/mol. The van der Waals surface area contributed by atoms with Crippen molar-refractivity contribution in [2.45, 2.75) is 23.5 Å². The second-order valence-corrected chi connectivity index (χ2v) is 5.40. The molecule has 14 heavy (non-hydrogen) atoms. The molecule has 0 N–H and O–H groups in total. The molecule has 1 fully saturated rings. The Balaban J connectivity index is 2.22. The Morgan fingerprint density at radius 1 is 1.21 bits per heavy atom. The van der Waals surface area contributed by atoms with Crippen LogP contribution < -0.4 is 0 Å². The fourth-order valence-electron chi connectivity index (χ4n) is 1.48. The maximum absolute atomic E-state index is 8.85. The predicted octanol–water partition coefficient (Wildman–Crippen LogP) is 2.23. The molecule has 2 unspecified atom stereocenters. The van der Waals surface area contributed by atoms with Gasteiger partial charge in [-0.25, -0.2) is 0 Å². The summed E-state index contributed by atoms with van der Waals surface area (Å²) in [4.78, 5) is 1.07. The van der Waals surface area contributed by atoms with E-state index in [0.29, 0.717) is 15.1 Å². The molecule has 0 saturated carbocycles. The summed E-state index contributed by atoms with van der Waals surface area (Å²) >= 11 is 2.90. The molecule has 2 rings (SSSR count). The average molecular weight is 224 g/mol. The summed E-state index contributed by atoms with van der Waals surface area (Å²) in [7, 11) is 0. The van der Waals surface area contributed by atoms with Gasteiger partial charge in [0.1, 0.15) is 27.4 Å². The first-order valence-electron chi connectivity index (χ1n) is 4.34. The Bertz CT molecular complexity index is 319. The summed E-state index contributed by atoms with van der Waals surface area (Å²) in [5, 5.41) is 18.0. The standard InChI is InChI=1S/C9H8N2OS2/c10-4-7-8(5-11)14-9-6(13-7)2-1-3-12-9/h6,9H,1-3H2. The Morgan fingerprint density at radius 2 is 1.93 bits per heavy atom. The molecule has 0 aliphatic carbocycles. The number of ether oxygens (including phenoxy) is 1. The first-order chi connectivity index (χ1) is 6.85. The molecular formula is C9H8N2OS2. The fourth-order valence-corrected chi connectivity index (χ4v) is 3.97. The van der Waals surface area contributed by atoms with Crippen molar-refractivity contribution in [1.82, 2.24) is 0 Å². The smallest absolute Gasteiger partial charge is 0.120 e. The summed E-state index contributed by atoms with van der Waals surface area (Å²) in [5.41, 5.74) is 0.0699. The highest BCUT2D eigenvalue weighted by atomic mass is 32.2. The third kappa shape index (κ3) is 1.76. The fraction of sp³-hybridized carbons (Fsp3) is 0.556. The van der Waals surface area contributed by atoms with Crippen LogP contribution >= 0.6 is 23.5 Å². The number of allylic oxidation sites excluding steroid dienone is 2. The SMILES string of the molecule is N#CC1=C(C#N)SC2OCCCC2S1. The Morgan fingerprint density at radius 3 is 2.64 bits per heavy atom. The van der Waals surface area contributed by atoms with Crippen LogP contribution in [0, 0.1) is 22.7 Å². The summed E-state index contributed by atoms with van der Waals surface area (Å²) in [6.07, 6.45) is 2.13. The molecule has 2 aliphatic rings. The third-order valence-corrected chi connectivity index (χ3v) is 4.98. The number of rotatable bonds is 0. The highest BCUT2D eigenvalue weighted by Gasteiger charge is 2.34. The normalized spacial score (nSPS) is 31.6. The van der Waals surface area contributed by atoms with Gasteiger partial charge >= 0.3 is 0 Å².